The summed E-state index contributed by atoms with van der Waals surface area (Å²) in [5.74, 6) is 1.55. The largest absolute Gasteiger partial charge is 0.370 e. The van der Waals surface area contributed by atoms with Crippen LogP contribution in [0.3, 0.4) is 0 Å². The van der Waals surface area contributed by atoms with E-state index in [0.717, 1.165) is 41.5 Å². The van der Waals surface area contributed by atoms with Gasteiger partial charge in [-0.05, 0) is 30.7 Å². The molecule has 2 aromatic rings. The zero-order chi connectivity index (χ0) is 14.8. The number of aromatic nitrogens is 1. The fraction of sp³-hybridized carbons (Fsp3) is 0.444. The zero-order valence-electron chi connectivity index (χ0n) is 12.7. The fourth-order valence-corrected chi connectivity index (χ4v) is 3.34. The number of nitrogens with zero attached hydrogens (tertiary/aromatic N) is 3. The van der Waals surface area contributed by atoms with Gasteiger partial charge in [-0.2, -0.15) is 5.26 Å². The third-order valence-corrected chi connectivity index (χ3v) is 4.67. The number of para-hydroxylation sites is 1. The van der Waals surface area contributed by atoms with E-state index >= 15 is 0 Å². The molecular formula is C18H21N3. The third kappa shape index (κ3) is 2.58. The summed E-state index contributed by atoms with van der Waals surface area (Å²) in [6.45, 7) is 6.68. The molecule has 3 heteroatoms. The molecule has 1 saturated heterocycles. The van der Waals surface area contributed by atoms with Crippen molar-refractivity contribution >= 4 is 16.6 Å². The molecule has 1 aromatic carbocycles. The molecule has 0 aliphatic carbocycles. The normalized spacial score (nSPS) is 16.4. The number of nitriles is 1. The Morgan fingerprint density at radius 1 is 1.24 bits per heavy atom. The third-order valence-electron chi connectivity index (χ3n) is 4.67. The lowest BCUT2D eigenvalue weighted by molar-refractivity contribution is 0.311. The molecule has 0 saturated carbocycles. The molecule has 3 rings (SSSR count). The Kier molecular flexibility index (Phi) is 3.79. The second-order valence-electron chi connectivity index (χ2n) is 6.22. The van der Waals surface area contributed by atoms with E-state index in [1.165, 1.54) is 12.8 Å². The van der Waals surface area contributed by atoms with E-state index in [-0.39, 0.29) is 0 Å². The van der Waals surface area contributed by atoms with Gasteiger partial charge in [-0.3, -0.25) is 4.98 Å². The second kappa shape index (κ2) is 5.73. The van der Waals surface area contributed by atoms with E-state index in [2.05, 4.69) is 35.9 Å². The molecule has 3 nitrogen and oxygen atoms in total. The van der Waals surface area contributed by atoms with Crippen LogP contribution in [0.25, 0.3) is 10.9 Å². The maximum atomic E-state index is 9.43. The second-order valence-corrected chi connectivity index (χ2v) is 6.22. The topological polar surface area (TPSA) is 39.9 Å². The summed E-state index contributed by atoms with van der Waals surface area (Å²) in [5, 5.41) is 10.5. The molecule has 2 heterocycles. The van der Waals surface area contributed by atoms with Gasteiger partial charge in [0.25, 0.3) is 0 Å². The summed E-state index contributed by atoms with van der Waals surface area (Å²) in [6.07, 6.45) is 4.13. The quantitative estimate of drug-likeness (QED) is 0.834. The van der Waals surface area contributed by atoms with E-state index in [1.54, 1.807) is 6.20 Å². The summed E-state index contributed by atoms with van der Waals surface area (Å²) in [7, 11) is 0. The number of anilines is 1. The van der Waals surface area contributed by atoms with Gasteiger partial charge in [-0.1, -0.05) is 32.0 Å². The average molecular weight is 279 g/mol. The van der Waals surface area contributed by atoms with Gasteiger partial charge in [0.1, 0.15) is 6.07 Å². The lowest BCUT2D eigenvalue weighted by atomic mass is 9.86. The summed E-state index contributed by atoms with van der Waals surface area (Å²) in [6, 6.07) is 10.4. The van der Waals surface area contributed by atoms with Crippen molar-refractivity contribution in [3.05, 3.63) is 36.0 Å². The van der Waals surface area contributed by atoms with Crippen LogP contribution >= 0.6 is 0 Å². The average Bonchev–Trinajstić information content (AvgIpc) is 2.53. The first kappa shape index (κ1) is 13.9. The van der Waals surface area contributed by atoms with Crippen LogP contribution in [-0.4, -0.2) is 18.1 Å². The van der Waals surface area contributed by atoms with Crippen LogP contribution in [0.5, 0.6) is 0 Å². The molecule has 0 unspecified atom stereocenters. The molecule has 1 aromatic heterocycles. The van der Waals surface area contributed by atoms with Crippen LogP contribution in [-0.2, 0) is 0 Å². The van der Waals surface area contributed by atoms with Gasteiger partial charge in [0, 0.05) is 24.7 Å². The smallest absolute Gasteiger partial charge is 0.103 e. The minimum absolute atomic E-state index is 0.691. The van der Waals surface area contributed by atoms with Crippen LogP contribution < -0.4 is 4.90 Å². The lowest BCUT2D eigenvalue weighted by Crippen LogP contribution is -2.35. The Bertz CT molecular complexity index is 676. The highest BCUT2D eigenvalue weighted by Gasteiger charge is 2.24. The first-order valence-corrected chi connectivity index (χ1v) is 7.73. The standard InChI is InChI=1S/C18H21N3/c1-13(2)14-7-9-21(10-8-14)18-15(11-19)12-20-17-6-4-3-5-16(17)18/h3-6,12-14H,7-10H2,1-2H3. The molecule has 21 heavy (non-hydrogen) atoms. The summed E-state index contributed by atoms with van der Waals surface area (Å²) in [5.41, 5.74) is 2.74. The Hall–Kier alpha value is -2.08. The SMILES string of the molecule is CC(C)C1CCN(c2c(C#N)cnc3ccccc23)CC1. The van der Waals surface area contributed by atoms with Crippen LogP contribution in [0.2, 0.25) is 0 Å². The molecule has 0 spiro atoms. The van der Waals surface area contributed by atoms with Gasteiger partial charge in [-0.15, -0.1) is 0 Å². The minimum atomic E-state index is 0.691. The van der Waals surface area contributed by atoms with Crippen molar-refractivity contribution in [1.29, 1.82) is 5.26 Å². The first-order valence-electron chi connectivity index (χ1n) is 7.73. The van der Waals surface area contributed by atoms with E-state index in [9.17, 15) is 5.26 Å². The molecule has 1 aliphatic heterocycles. The highest BCUT2D eigenvalue weighted by molar-refractivity contribution is 5.94. The molecule has 1 aliphatic rings. The van der Waals surface area contributed by atoms with Crippen LogP contribution in [0, 0.1) is 23.2 Å². The highest BCUT2D eigenvalue weighted by Crippen LogP contribution is 2.33. The highest BCUT2D eigenvalue weighted by atomic mass is 15.1. The van der Waals surface area contributed by atoms with E-state index < -0.39 is 0 Å². The van der Waals surface area contributed by atoms with Crippen molar-refractivity contribution in [2.24, 2.45) is 11.8 Å². The van der Waals surface area contributed by atoms with Crippen LogP contribution in [0.1, 0.15) is 32.3 Å². The minimum Gasteiger partial charge on any atom is -0.370 e. The Morgan fingerprint density at radius 2 is 1.95 bits per heavy atom. The van der Waals surface area contributed by atoms with Crippen molar-refractivity contribution < 1.29 is 0 Å². The van der Waals surface area contributed by atoms with Gasteiger partial charge >= 0.3 is 0 Å². The van der Waals surface area contributed by atoms with Crippen LogP contribution in [0.15, 0.2) is 30.5 Å². The molecular weight excluding hydrogens is 258 g/mol. The Morgan fingerprint density at radius 3 is 2.62 bits per heavy atom. The van der Waals surface area contributed by atoms with Gasteiger partial charge in [-0.25, -0.2) is 0 Å². The molecule has 0 amide bonds. The number of hydrogen-bond acceptors (Lipinski definition) is 3. The molecule has 1 fully saturated rings. The summed E-state index contributed by atoms with van der Waals surface area (Å²) >= 11 is 0. The van der Waals surface area contributed by atoms with Gasteiger partial charge in [0.05, 0.1) is 16.8 Å². The van der Waals surface area contributed by atoms with Gasteiger partial charge < -0.3 is 4.90 Å². The van der Waals surface area contributed by atoms with Gasteiger partial charge in [0.2, 0.25) is 0 Å². The van der Waals surface area contributed by atoms with E-state index in [4.69, 9.17) is 0 Å². The molecule has 0 radical (unpaired) electrons. The molecule has 0 atom stereocenters. The van der Waals surface area contributed by atoms with Crippen molar-refractivity contribution in [1.82, 2.24) is 4.98 Å². The monoisotopic (exact) mass is 279 g/mol. The van der Waals surface area contributed by atoms with E-state index in [1.807, 2.05) is 18.2 Å². The lowest BCUT2D eigenvalue weighted by Gasteiger charge is -2.36. The number of benzene rings is 1. The van der Waals surface area contributed by atoms with E-state index in [0.29, 0.717) is 5.56 Å². The van der Waals surface area contributed by atoms with Crippen molar-refractivity contribution in [2.45, 2.75) is 26.7 Å². The number of piperidine rings is 1. The number of hydrogen-bond donors (Lipinski definition) is 0. The van der Waals surface area contributed by atoms with Crippen molar-refractivity contribution in [2.75, 3.05) is 18.0 Å². The Balaban J connectivity index is 1.99. The summed E-state index contributed by atoms with van der Waals surface area (Å²) in [4.78, 5) is 6.78. The van der Waals surface area contributed by atoms with Crippen molar-refractivity contribution in [3.8, 4) is 6.07 Å². The molecule has 0 N–H and O–H groups in total. The maximum Gasteiger partial charge on any atom is 0.103 e. The number of fused-ring (bicyclic) bond motifs is 1. The van der Waals surface area contributed by atoms with Crippen LogP contribution in [0.4, 0.5) is 5.69 Å². The number of pyridine rings is 1. The summed E-state index contributed by atoms with van der Waals surface area (Å²) < 4.78 is 0. The zero-order valence-corrected chi connectivity index (χ0v) is 12.7. The predicted octanol–water partition coefficient (Wildman–Crippen LogP) is 3.98. The predicted molar refractivity (Wildman–Crippen MR) is 86.2 cm³/mol. The van der Waals surface area contributed by atoms with Crippen molar-refractivity contribution in [3.63, 3.8) is 0 Å². The first-order chi connectivity index (χ1) is 10.2. The number of rotatable bonds is 2. The molecule has 108 valence electrons. The fourth-order valence-electron chi connectivity index (χ4n) is 3.34. The molecule has 0 bridgehead atoms. The maximum absolute atomic E-state index is 9.43. The Labute approximate surface area is 126 Å². The van der Waals surface area contributed by atoms with Gasteiger partial charge in [0.15, 0.2) is 0 Å².